The normalized spacial score (nSPS) is 30.2. The fraction of sp³-hybridized carbons (Fsp3) is 0.227. The number of benzene rings is 5. The Kier molecular flexibility index (Phi) is 5.63. The monoisotopic (exact) mass is 652 g/mol. The third-order valence-corrected chi connectivity index (χ3v) is 12.7. The number of hydrogen-bond donors (Lipinski definition) is 0. The summed E-state index contributed by atoms with van der Waals surface area (Å²) in [5, 5.41) is 4.35. The van der Waals surface area contributed by atoms with Crippen molar-refractivity contribution >= 4 is 56.5 Å². The lowest BCUT2D eigenvalue weighted by atomic mass is 9.85. The first-order chi connectivity index (χ1) is 24.5. The molecule has 8 atom stereocenters. The van der Waals surface area contributed by atoms with Gasteiger partial charge in [0.05, 0.1) is 35.0 Å². The molecule has 50 heavy (non-hydrogen) atoms. The molecule has 11 rings (SSSR count). The van der Waals surface area contributed by atoms with Gasteiger partial charge in [0.1, 0.15) is 0 Å². The molecule has 0 N–H and O–H groups in total. The number of fused-ring (bicyclic) bond motifs is 12. The molecular weight excluding hydrogens is 620 g/mol. The molecular formula is C44H32N2O4. The molecule has 0 unspecified atom stereocenters. The number of nitrogens with zero attached hydrogens (tertiary/aromatic N) is 2. The predicted molar refractivity (Wildman–Crippen MR) is 193 cm³/mol. The van der Waals surface area contributed by atoms with Gasteiger partial charge in [-0.2, -0.15) is 0 Å². The Labute approximate surface area is 288 Å². The van der Waals surface area contributed by atoms with E-state index in [1.807, 2.05) is 72.8 Å². The highest BCUT2D eigenvalue weighted by Gasteiger charge is 2.60. The highest BCUT2D eigenvalue weighted by molar-refractivity contribution is 6.25. The zero-order chi connectivity index (χ0) is 33.4. The van der Waals surface area contributed by atoms with Crippen LogP contribution in [0.25, 0.3) is 43.8 Å². The van der Waals surface area contributed by atoms with Crippen molar-refractivity contribution in [3.63, 3.8) is 0 Å². The molecule has 4 aliphatic carbocycles. The summed E-state index contributed by atoms with van der Waals surface area (Å²) >= 11 is 0. The molecule has 2 saturated carbocycles. The molecule has 2 aliphatic heterocycles. The molecule has 2 heterocycles. The van der Waals surface area contributed by atoms with E-state index in [4.69, 9.17) is 0 Å². The van der Waals surface area contributed by atoms with E-state index >= 15 is 0 Å². The number of imide groups is 2. The Morgan fingerprint density at radius 1 is 0.380 bits per heavy atom. The van der Waals surface area contributed by atoms with Gasteiger partial charge in [0.25, 0.3) is 0 Å². The molecule has 4 bridgehead atoms. The van der Waals surface area contributed by atoms with E-state index in [2.05, 4.69) is 48.6 Å². The van der Waals surface area contributed by atoms with Crippen LogP contribution in [-0.2, 0) is 19.2 Å². The van der Waals surface area contributed by atoms with Crippen LogP contribution in [0.2, 0.25) is 0 Å². The van der Waals surface area contributed by atoms with Gasteiger partial charge < -0.3 is 0 Å². The molecule has 6 heteroatoms. The number of carbonyl (C=O) groups excluding carboxylic acids is 4. The van der Waals surface area contributed by atoms with Gasteiger partial charge >= 0.3 is 0 Å². The first kappa shape index (κ1) is 28.2. The van der Waals surface area contributed by atoms with Gasteiger partial charge in [-0.15, -0.1) is 0 Å². The SMILES string of the molecule is O=C1[C@@H]2[C@H](C(=O)N1c1ccc(-c3c4ccccc4c(-c4ccc(N5C(=O)[C@@H]6[C@H](C5=O)[C@H]5C=C[C@H]6C5)cc4)c4ccccc34)cc1)[C@H]1C=C[C@H]2C1. The zero-order valence-corrected chi connectivity index (χ0v) is 27.1. The largest absolute Gasteiger partial charge is 0.274 e. The van der Waals surface area contributed by atoms with Crippen molar-refractivity contribution in [1.29, 1.82) is 0 Å². The highest BCUT2D eigenvalue weighted by Crippen LogP contribution is 2.55. The fourth-order valence-electron chi connectivity index (χ4n) is 10.6. The van der Waals surface area contributed by atoms with Crippen LogP contribution >= 0.6 is 0 Å². The maximum Gasteiger partial charge on any atom is 0.238 e. The van der Waals surface area contributed by atoms with Crippen LogP contribution in [0.1, 0.15) is 12.8 Å². The first-order valence-corrected chi connectivity index (χ1v) is 17.7. The minimum Gasteiger partial charge on any atom is -0.274 e. The van der Waals surface area contributed by atoms with Crippen LogP contribution in [-0.4, -0.2) is 23.6 Å². The van der Waals surface area contributed by atoms with Gasteiger partial charge in [0, 0.05) is 0 Å². The predicted octanol–water partition coefficient (Wildman–Crippen LogP) is 7.95. The molecule has 5 aromatic rings. The smallest absolute Gasteiger partial charge is 0.238 e. The molecule has 4 fully saturated rings. The summed E-state index contributed by atoms with van der Waals surface area (Å²) in [6, 6.07) is 32.5. The van der Waals surface area contributed by atoms with Crippen LogP contribution in [0.3, 0.4) is 0 Å². The van der Waals surface area contributed by atoms with E-state index in [-0.39, 0.29) is 71.0 Å². The van der Waals surface area contributed by atoms with Crippen LogP contribution in [0.5, 0.6) is 0 Å². The van der Waals surface area contributed by atoms with Crippen molar-refractivity contribution in [2.75, 3.05) is 9.80 Å². The quantitative estimate of drug-likeness (QED) is 0.112. The maximum absolute atomic E-state index is 13.5. The number of anilines is 2. The highest BCUT2D eigenvalue weighted by atomic mass is 16.2. The van der Waals surface area contributed by atoms with Crippen LogP contribution < -0.4 is 9.80 Å². The van der Waals surface area contributed by atoms with E-state index in [9.17, 15) is 19.2 Å². The molecule has 242 valence electrons. The van der Waals surface area contributed by atoms with E-state index < -0.39 is 0 Å². The van der Waals surface area contributed by atoms with Gasteiger partial charge in [0.2, 0.25) is 23.6 Å². The molecule has 6 aliphatic rings. The molecule has 2 saturated heterocycles. The summed E-state index contributed by atoms with van der Waals surface area (Å²) in [6.45, 7) is 0. The van der Waals surface area contributed by atoms with Gasteiger partial charge in [-0.3, -0.25) is 29.0 Å². The molecule has 0 spiro atoms. The Hall–Kier alpha value is -5.62. The van der Waals surface area contributed by atoms with E-state index in [1.54, 1.807) is 0 Å². The van der Waals surface area contributed by atoms with Crippen LogP contribution in [0.15, 0.2) is 121 Å². The topological polar surface area (TPSA) is 74.8 Å². The summed E-state index contributed by atoms with van der Waals surface area (Å²) < 4.78 is 0. The Bertz CT molecular complexity index is 2140. The standard InChI is InChI=1S/C44H32N2O4/c47-41-37-25-9-10-26(21-25)38(37)42(48)45(41)29-17-13-23(14-18-29)35-31-5-1-2-6-32(31)36(34-8-4-3-7-33(34)35)24-15-19-30(20-16-24)46-43(49)39-27-11-12-28(22-27)40(39)44(46)50/h1-20,25-28,37-40H,21-22H2/t25-,26-,27-,28-,37-,38+,39-,40+/m0/s1. The lowest BCUT2D eigenvalue weighted by molar-refractivity contribution is -0.124. The number of hydrogen-bond acceptors (Lipinski definition) is 4. The van der Waals surface area contributed by atoms with Crippen molar-refractivity contribution in [2.45, 2.75) is 12.8 Å². The van der Waals surface area contributed by atoms with Crippen molar-refractivity contribution in [3.05, 3.63) is 121 Å². The fourth-order valence-corrected chi connectivity index (χ4v) is 10.6. The number of amides is 4. The maximum atomic E-state index is 13.5. The third kappa shape index (κ3) is 3.58. The second-order valence-corrected chi connectivity index (χ2v) is 15.0. The van der Waals surface area contributed by atoms with Gasteiger partial charge in [0.15, 0.2) is 0 Å². The minimum absolute atomic E-state index is 0.0682. The summed E-state index contributed by atoms with van der Waals surface area (Å²) in [4.78, 5) is 56.8. The lowest BCUT2D eigenvalue weighted by Gasteiger charge is -2.20. The first-order valence-electron chi connectivity index (χ1n) is 17.7. The summed E-state index contributed by atoms with van der Waals surface area (Å²) in [6.07, 6.45) is 10.3. The van der Waals surface area contributed by atoms with Crippen LogP contribution in [0.4, 0.5) is 11.4 Å². The molecule has 0 radical (unpaired) electrons. The van der Waals surface area contributed by atoms with Crippen LogP contribution in [0, 0.1) is 47.3 Å². The van der Waals surface area contributed by atoms with Crippen molar-refractivity contribution in [1.82, 2.24) is 0 Å². The molecule has 6 nitrogen and oxygen atoms in total. The minimum atomic E-state index is -0.227. The summed E-state index contributed by atoms with van der Waals surface area (Å²) in [5.41, 5.74) is 5.44. The second kappa shape index (κ2) is 9.97. The average Bonchev–Trinajstić information content (AvgIpc) is 4.01. The Morgan fingerprint density at radius 3 is 0.940 bits per heavy atom. The van der Waals surface area contributed by atoms with E-state index in [0.717, 1.165) is 56.6 Å². The Balaban J connectivity index is 0.979. The summed E-state index contributed by atoms with van der Waals surface area (Å²) in [5.74, 6) is -0.474. The van der Waals surface area contributed by atoms with E-state index in [0.29, 0.717) is 11.4 Å². The van der Waals surface area contributed by atoms with Gasteiger partial charge in [-0.05, 0) is 105 Å². The molecule has 4 amide bonds. The zero-order valence-electron chi connectivity index (χ0n) is 27.1. The number of rotatable bonds is 4. The van der Waals surface area contributed by atoms with Crippen molar-refractivity contribution in [3.8, 4) is 22.3 Å². The third-order valence-electron chi connectivity index (χ3n) is 12.7. The summed E-state index contributed by atoms with van der Waals surface area (Å²) in [7, 11) is 0. The molecule has 0 aromatic heterocycles. The van der Waals surface area contributed by atoms with E-state index in [1.165, 1.54) is 9.80 Å². The van der Waals surface area contributed by atoms with Crippen molar-refractivity contribution < 1.29 is 19.2 Å². The average molecular weight is 653 g/mol. The van der Waals surface area contributed by atoms with Gasteiger partial charge in [-0.25, -0.2) is 0 Å². The number of carbonyl (C=O) groups is 4. The second-order valence-electron chi connectivity index (χ2n) is 15.0. The lowest BCUT2D eigenvalue weighted by Crippen LogP contribution is -2.32. The van der Waals surface area contributed by atoms with Gasteiger partial charge in [-0.1, -0.05) is 97.1 Å². The van der Waals surface area contributed by atoms with Crippen molar-refractivity contribution in [2.24, 2.45) is 47.3 Å². The Morgan fingerprint density at radius 2 is 0.660 bits per heavy atom. The molecule has 5 aromatic carbocycles. The number of allylic oxidation sites excluding steroid dienone is 4.